The minimum absolute atomic E-state index is 0.302. The second-order valence-corrected chi connectivity index (χ2v) is 4.43. The van der Waals surface area contributed by atoms with Crippen molar-refractivity contribution in [3.05, 3.63) is 42.6 Å². The Morgan fingerprint density at radius 2 is 2.33 bits per heavy atom. The number of H-pyrrole nitrogens is 1. The van der Waals surface area contributed by atoms with E-state index in [9.17, 15) is 4.79 Å². The molecule has 3 N–H and O–H groups in total. The summed E-state index contributed by atoms with van der Waals surface area (Å²) in [5, 5.41) is 12.6. The molecule has 0 unspecified atom stereocenters. The van der Waals surface area contributed by atoms with Crippen LogP contribution in [0.1, 0.15) is 5.69 Å². The number of anilines is 1. The second kappa shape index (κ2) is 6.60. The molecular formula is C15H18N4O2. The number of methoxy groups -OCH3 is 1. The summed E-state index contributed by atoms with van der Waals surface area (Å²) < 4.78 is 5.21. The topological polar surface area (TPSA) is 79.0 Å². The Hall–Kier alpha value is -2.76. The number of benzene rings is 1. The molecule has 0 saturated carbocycles. The Morgan fingerprint density at radius 3 is 3.05 bits per heavy atom. The average molecular weight is 286 g/mol. The van der Waals surface area contributed by atoms with Gasteiger partial charge in [0.05, 0.1) is 18.5 Å². The molecule has 2 amide bonds. The molecule has 0 aliphatic carbocycles. The number of nitrogens with zero attached hydrogens (tertiary/aromatic N) is 1. The molecule has 6 nitrogen and oxygen atoms in total. The van der Waals surface area contributed by atoms with Gasteiger partial charge >= 0.3 is 6.03 Å². The molecule has 0 aliphatic heterocycles. The number of hydrogen-bond donors (Lipinski definition) is 3. The number of urea groups is 1. The lowest BCUT2D eigenvalue weighted by molar-refractivity contribution is 0.253. The van der Waals surface area contributed by atoms with Gasteiger partial charge in [0.25, 0.3) is 0 Å². The lowest BCUT2D eigenvalue weighted by Gasteiger charge is -2.08. The van der Waals surface area contributed by atoms with Crippen molar-refractivity contribution < 1.29 is 9.53 Å². The third-order valence-corrected chi connectivity index (χ3v) is 2.94. The van der Waals surface area contributed by atoms with Crippen molar-refractivity contribution in [1.29, 1.82) is 0 Å². The molecule has 110 valence electrons. The quantitative estimate of drug-likeness (QED) is 0.739. The van der Waals surface area contributed by atoms with Crippen molar-refractivity contribution >= 4 is 11.7 Å². The van der Waals surface area contributed by atoms with Crippen molar-refractivity contribution in [3.8, 4) is 17.0 Å². The molecule has 2 aromatic rings. The zero-order chi connectivity index (χ0) is 15.2. The number of hydrogen-bond acceptors (Lipinski definition) is 3. The van der Waals surface area contributed by atoms with Gasteiger partial charge in [0.1, 0.15) is 11.4 Å². The molecule has 0 bridgehead atoms. The summed E-state index contributed by atoms with van der Waals surface area (Å²) in [4.78, 5) is 11.8. The maximum Gasteiger partial charge on any atom is 0.319 e. The van der Waals surface area contributed by atoms with Crippen LogP contribution in [0.15, 0.2) is 36.9 Å². The molecule has 0 aliphatic rings. The van der Waals surface area contributed by atoms with Crippen molar-refractivity contribution in [1.82, 2.24) is 15.5 Å². The molecule has 0 spiro atoms. The largest absolute Gasteiger partial charge is 0.497 e. The van der Waals surface area contributed by atoms with Crippen molar-refractivity contribution in [3.63, 3.8) is 0 Å². The van der Waals surface area contributed by atoms with E-state index in [2.05, 4.69) is 27.4 Å². The Bertz CT molecular complexity index is 649. The van der Waals surface area contributed by atoms with E-state index >= 15 is 0 Å². The first-order valence-electron chi connectivity index (χ1n) is 6.51. The highest BCUT2D eigenvalue weighted by atomic mass is 16.5. The summed E-state index contributed by atoms with van der Waals surface area (Å²) in [5.74, 6) is 0.732. The molecule has 0 radical (unpaired) electrons. The number of carbonyl (C=O) groups excluding carboxylic acids is 1. The first-order valence-corrected chi connectivity index (χ1v) is 6.51. The van der Waals surface area contributed by atoms with E-state index in [1.807, 2.05) is 31.2 Å². The average Bonchev–Trinajstić information content (AvgIpc) is 2.86. The van der Waals surface area contributed by atoms with Gasteiger partial charge in [0, 0.05) is 12.1 Å². The molecule has 0 fully saturated rings. The van der Waals surface area contributed by atoms with Gasteiger partial charge in [-0.1, -0.05) is 18.2 Å². The zero-order valence-electron chi connectivity index (χ0n) is 12.1. The van der Waals surface area contributed by atoms with Gasteiger partial charge in [0.2, 0.25) is 0 Å². The van der Waals surface area contributed by atoms with Crippen molar-refractivity contribution in [2.45, 2.75) is 6.92 Å². The van der Waals surface area contributed by atoms with E-state index in [0.29, 0.717) is 17.9 Å². The van der Waals surface area contributed by atoms with Gasteiger partial charge in [-0.25, -0.2) is 4.79 Å². The van der Waals surface area contributed by atoms with Crippen LogP contribution in [0.2, 0.25) is 0 Å². The first kappa shape index (κ1) is 14.6. The van der Waals surface area contributed by atoms with Crippen molar-refractivity contribution in [2.24, 2.45) is 0 Å². The number of aromatic nitrogens is 2. The molecule has 21 heavy (non-hydrogen) atoms. The first-order chi connectivity index (χ1) is 10.2. The van der Waals surface area contributed by atoms with E-state index in [1.54, 1.807) is 13.2 Å². The third kappa shape index (κ3) is 3.42. The van der Waals surface area contributed by atoms with Crippen LogP contribution < -0.4 is 15.4 Å². The number of nitrogens with one attached hydrogen (secondary N) is 3. The Labute approximate surface area is 123 Å². The van der Waals surface area contributed by atoms with Crippen LogP contribution in [-0.2, 0) is 0 Å². The smallest absolute Gasteiger partial charge is 0.319 e. The normalized spacial score (nSPS) is 10.0. The van der Waals surface area contributed by atoms with Gasteiger partial charge in [-0.2, -0.15) is 5.10 Å². The second-order valence-electron chi connectivity index (χ2n) is 4.43. The fourth-order valence-electron chi connectivity index (χ4n) is 1.88. The summed E-state index contributed by atoms with van der Waals surface area (Å²) in [7, 11) is 1.61. The molecule has 1 aromatic carbocycles. The lowest BCUT2D eigenvalue weighted by atomic mass is 10.1. The maximum atomic E-state index is 11.8. The molecule has 0 atom stereocenters. The fourth-order valence-corrected chi connectivity index (χ4v) is 1.88. The summed E-state index contributed by atoms with van der Waals surface area (Å²) in [6.45, 7) is 5.80. The van der Waals surface area contributed by atoms with Gasteiger partial charge in [-0.05, 0) is 19.1 Å². The molecule has 6 heteroatoms. The SMILES string of the molecule is C=CCNC(=O)Nc1c(-c2cccc(OC)c2)n[nH]c1C. The van der Waals surface area contributed by atoms with Crippen LogP contribution in [0.4, 0.5) is 10.5 Å². The molecule has 0 saturated heterocycles. The Morgan fingerprint density at radius 1 is 1.52 bits per heavy atom. The maximum absolute atomic E-state index is 11.8. The lowest BCUT2D eigenvalue weighted by Crippen LogP contribution is -2.28. The van der Waals surface area contributed by atoms with E-state index < -0.39 is 0 Å². The number of ether oxygens (including phenoxy) is 1. The van der Waals surface area contributed by atoms with Crippen LogP contribution in [0.25, 0.3) is 11.3 Å². The van der Waals surface area contributed by atoms with Gasteiger partial charge < -0.3 is 15.4 Å². The van der Waals surface area contributed by atoms with E-state index in [4.69, 9.17) is 4.74 Å². The predicted molar refractivity (Wildman–Crippen MR) is 82.5 cm³/mol. The summed E-state index contributed by atoms with van der Waals surface area (Å²) in [5.41, 5.74) is 2.95. The minimum Gasteiger partial charge on any atom is -0.497 e. The summed E-state index contributed by atoms with van der Waals surface area (Å²) in [6, 6.07) is 7.20. The fraction of sp³-hybridized carbons (Fsp3) is 0.200. The number of aromatic amines is 1. The van der Waals surface area contributed by atoms with Crippen LogP contribution in [0, 0.1) is 6.92 Å². The number of amides is 2. The predicted octanol–water partition coefficient (Wildman–Crippen LogP) is 2.70. The van der Waals surface area contributed by atoms with Crippen LogP contribution in [-0.4, -0.2) is 29.9 Å². The standard InChI is InChI=1S/C15H18N4O2/c1-4-8-16-15(20)17-13-10(2)18-19-14(13)11-6-5-7-12(9-11)21-3/h4-7,9H,1,8H2,2-3H3,(H,18,19)(H2,16,17,20). The molecule has 1 heterocycles. The highest BCUT2D eigenvalue weighted by Crippen LogP contribution is 2.30. The van der Waals surface area contributed by atoms with Crippen LogP contribution in [0.3, 0.4) is 0 Å². The molecular weight excluding hydrogens is 268 g/mol. The number of rotatable bonds is 5. The Balaban J connectivity index is 2.28. The molecule has 1 aromatic heterocycles. The van der Waals surface area contributed by atoms with E-state index in [1.165, 1.54) is 0 Å². The highest BCUT2D eigenvalue weighted by Gasteiger charge is 2.15. The van der Waals surface area contributed by atoms with E-state index in [-0.39, 0.29) is 6.03 Å². The van der Waals surface area contributed by atoms with Gasteiger partial charge in [-0.3, -0.25) is 5.10 Å². The highest BCUT2D eigenvalue weighted by molar-refractivity contribution is 5.94. The van der Waals surface area contributed by atoms with E-state index in [0.717, 1.165) is 17.0 Å². The summed E-state index contributed by atoms with van der Waals surface area (Å²) >= 11 is 0. The number of carbonyl (C=O) groups is 1. The third-order valence-electron chi connectivity index (χ3n) is 2.94. The van der Waals surface area contributed by atoms with Gasteiger partial charge in [0.15, 0.2) is 0 Å². The zero-order valence-corrected chi connectivity index (χ0v) is 12.1. The van der Waals surface area contributed by atoms with Crippen LogP contribution >= 0.6 is 0 Å². The molecule has 2 rings (SSSR count). The monoisotopic (exact) mass is 286 g/mol. The summed E-state index contributed by atoms with van der Waals surface area (Å²) in [6.07, 6.45) is 1.62. The Kier molecular flexibility index (Phi) is 4.61. The van der Waals surface area contributed by atoms with Crippen LogP contribution in [0.5, 0.6) is 5.75 Å². The number of aryl methyl sites for hydroxylation is 1. The minimum atomic E-state index is -0.302. The van der Waals surface area contributed by atoms with Gasteiger partial charge in [-0.15, -0.1) is 6.58 Å². The van der Waals surface area contributed by atoms with Crippen molar-refractivity contribution in [2.75, 3.05) is 19.0 Å².